The molecule has 1 saturated heterocycles. The number of nitrogens with one attached hydrogen (secondary N) is 2. The summed E-state index contributed by atoms with van der Waals surface area (Å²) in [7, 11) is 3.42. The summed E-state index contributed by atoms with van der Waals surface area (Å²) in [4.78, 5) is 2.68. The lowest BCUT2D eigenvalue weighted by atomic mass is 9.65. The van der Waals surface area contributed by atoms with Crippen LogP contribution in [0, 0.1) is 0 Å². The van der Waals surface area contributed by atoms with Gasteiger partial charge in [-0.1, -0.05) is 66.7 Å². The maximum absolute atomic E-state index is 5.70. The fourth-order valence-electron chi connectivity index (χ4n) is 6.28. The van der Waals surface area contributed by atoms with E-state index in [0.29, 0.717) is 12.1 Å². The predicted molar refractivity (Wildman–Crippen MR) is 153 cm³/mol. The molecule has 0 bridgehead atoms. The smallest absolute Gasteiger partial charge is 0.166 e. The average Bonchev–Trinajstić information content (AvgIpc) is 3.31. The average molecular weight is 516 g/mol. The van der Waals surface area contributed by atoms with Gasteiger partial charge in [-0.15, -0.1) is 0 Å². The molecule has 6 heteroatoms. The zero-order valence-corrected chi connectivity index (χ0v) is 22.6. The summed E-state index contributed by atoms with van der Waals surface area (Å²) >= 11 is 5.70. The van der Waals surface area contributed by atoms with Gasteiger partial charge < -0.3 is 20.1 Å². The Morgan fingerprint density at radius 1 is 0.919 bits per heavy atom. The fourth-order valence-corrected chi connectivity index (χ4v) is 6.52. The third kappa shape index (κ3) is 5.60. The molecule has 2 N–H and O–H groups in total. The number of ether oxygens (including phenoxy) is 2. The number of hydrogen-bond acceptors (Lipinski definition) is 4. The molecule has 2 fully saturated rings. The minimum atomic E-state index is 0.0889. The molecule has 1 saturated carbocycles. The van der Waals surface area contributed by atoms with Crippen LogP contribution >= 0.6 is 12.2 Å². The summed E-state index contributed by atoms with van der Waals surface area (Å²) in [6, 6.07) is 28.5. The molecular formula is C31H37N3O2S. The summed E-state index contributed by atoms with van der Waals surface area (Å²) in [5, 5.41) is 7.78. The molecule has 5 rings (SSSR count). The van der Waals surface area contributed by atoms with E-state index in [9.17, 15) is 0 Å². The summed E-state index contributed by atoms with van der Waals surface area (Å²) in [6.45, 7) is 2.78. The van der Waals surface area contributed by atoms with Gasteiger partial charge in [0.15, 0.2) is 16.6 Å². The van der Waals surface area contributed by atoms with Crippen LogP contribution in [0.25, 0.3) is 0 Å². The molecule has 1 heterocycles. The molecule has 194 valence electrons. The van der Waals surface area contributed by atoms with Gasteiger partial charge in [-0.2, -0.15) is 0 Å². The lowest BCUT2D eigenvalue weighted by molar-refractivity contribution is 0.134. The Kier molecular flexibility index (Phi) is 7.96. The Hall–Kier alpha value is -3.09. The van der Waals surface area contributed by atoms with E-state index in [1.807, 2.05) is 6.07 Å². The van der Waals surface area contributed by atoms with Crippen molar-refractivity contribution in [2.75, 3.05) is 20.8 Å². The van der Waals surface area contributed by atoms with Crippen LogP contribution in [-0.2, 0) is 18.5 Å². The molecule has 0 spiro atoms. The molecule has 0 amide bonds. The van der Waals surface area contributed by atoms with Crippen molar-refractivity contribution in [3.8, 4) is 11.5 Å². The minimum Gasteiger partial charge on any atom is -0.493 e. The van der Waals surface area contributed by atoms with E-state index in [1.54, 1.807) is 14.2 Å². The van der Waals surface area contributed by atoms with Crippen LogP contribution in [0.4, 0.5) is 0 Å². The van der Waals surface area contributed by atoms with Gasteiger partial charge in [0, 0.05) is 30.6 Å². The number of nitrogens with zero attached hydrogens (tertiary/aromatic N) is 1. The van der Waals surface area contributed by atoms with E-state index in [0.717, 1.165) is 61.9 Å². The van der Waals surface area contributed by atoms with Gasteiger partial charge in [0.05, 0.1) is 14.2 Å². The number of likely N-dealkylation sites (tertiary alicyclic amines) is 1. The Bertz CT molecular complexity index is 1190. The number of thiocarbonyl (C=S) groups is 1. The molecule has 1 aliphatic carbocycles. The molecule has 0 aromatic heterocycles. The molecule has 0 unspecified atom stereocenters. The normalized spacial score (nSPS) is 23.2. The number of benzene rings is 3. The molecule has 3 atom stereocenters. The maximum Gasteiger partial charge on any atom is 0.166 e. The molecule has 2 aliphatic rings. The first-order valence-corrected chi connectivity index (χ1v) is 13.6. The third-order valence-electron chi connectivity index (χ3n) is 8.19. The van der Waals surface area contributed by atoms with Gasteiger partial charge in [-0.25, -0.2) is 0 Å². The summed E-state index contributed by atoms with van der Waals surface area (Å²) in [6.07, 6.45) is 4.38. The Labute approximate surface area is 226 Å². The first-order chi connectivity index (χ1) is 18.1. The van der Waals surface area contributed by atoms with E-state index >= 15 is 0 Å². The van der Waals surface area contributed by atoms with Crippen molar-refractivity contribution >= 4 is 17.3 Å². The first-order valence-electron chi connectivity index (χ1n) is 13.2. The van der Waals surface area contributed by atoms with Gasteiger partial charge in [0.25, 0.3) is 0 Å². The Morgan fingerprint density at radius 3 is 2.32 bits per heavy atom. The minimum absolute atomic E-state index is 0.0889. The van der Waals surface area contributed by atoms with Crippen LogP contribution in [0.5, 0.6) is 11.5 Å². The number of rotatable bonds is 8. The number of hydrogen-bond donors (Lipinski definition) is 2. The lowest BCUT2D eigenvalue weighted by Crippen LogP contribution is -2.53. The maximum atomic E-state index is 5.70. The van der Waals surface area contributed by atoms with Crippen molar-refractivity contribution < 1.29 is 9.47 Å². The molecule has 37 heavy (non-hydrogen) atoms. The standard InChI is InChI=1S/C31H37N3O2S/c1-35-27-14-13-25(19-28(27)36-2)31-16-15-26(33-30(37)32-21-23-9-5-3-6-10-23)20-29(31)34(18-17-31)22-24-11-7-4-8-12-24/h3-14,19,26,29H,15-18,20-22H2,1-2H3,(H2,32,33,37)/t26-,29-,31-/m0/s1. The SMILES string of the molecule is COc1ccc([C@@]23CC[C@H](NC(=S)NCc4ccccc4)C[C@@H]2N(Cc2ccccc2)CC3)cc1OC. The van der Waals surface area contributed by atoms with E-state index < -0.39 is 0 Å². The van der Waals surface area contributed by atoms with Crippen LogP contribution in [0.3, 0.4) is 0 Å². The second-order valence-corrected chi connectivity index (χ2v) is 10.6. The van der Waals surface area contributed by atoms with Crippen LogP contribution in [0.15, 0.2) is 78.9 Å². The van der Waals surface area contributed by atoms with Crippen molar-refractivity contribution in [2.24, 2.45) is 0 Å². The van der Waals surface area contributed by atoms with E-state index in [1.165, 1.54) is 16.7 Å². The molecule has 0 radical (unpaired) electrons. The highest BCUT2D eigenvalue weighted by molar-refractivity contribution is 7.80. The topological polar surface area (TPSA) is 45.8 Å². The summed E-state index contributed by atoms with van der Waals surface area (Å²) in [5.74, 6) is 1.59. The summed E-state index contributed by atoms with van der Waals surface area (Å²) in [5.41, 5.74) is 4.04. The van der Waals surface area contributed by atoms with Crippen LogP contribution < -0.4 is 20.1 Å². The van der Waals surface area contributed by atoms with Crippen LogP contribution in [0.1, 0.15) is 42.4 Å². The van der Waals surface area contributed by atoms with Gasteiger partial charge in [-0.3, -0.25) is 4.90 Å². The number of methoxy groups -OCH3 is 2. The Morgan fingerprint density at radius 2 is 1.62 bits per heavy atom. The van der Waals surface area contributed by atoms with Crippen molar-refractivity contribution in [3.05, 3.63) is 95.6 Å². The molecule has 5 nitrogen and oxygen atoms in total. The number of fused-ring (bicyclic) bond motifs is 1. The molecular weight excluding hydrogens is 478 g/mol. The van der Waals surface area contributed by atoms with Gasteiger partial charge >= 0.3 is 0 Å². The third-order valence-corrected chi connectivity index (χ3v) is 8.45. The highest BCUT2D eigenvalue weighted by Gasteiger charge is 2.51. The first kappa shape index (κ1) is 25.6. The highest BCUT2D eigenvalue weighted by atomic mass is 32.1. The van der Waals surface area contributed by atoms with E-state index in [2.05, 4.69) is 88.3 Å². The molecule has 3 aromatic carbocycles. The predicted octanol–water partition coefficient (Wildman–Crippen LogP) is 5.43. The fraction of sp³-hybridized carbons (Fsp3) is 0.387. The van der Waals surface area contributed by atoms with Crippen LogP contribution in [-0.4, -0.2) is 42.9 Å². The Balaban J connectivity index is 1.35. The largest absolute Gasteiger partial charge is 0.493 e. The lowest BCUT2D eigenvalue weighted by Gasteiger charge is -2.46. The van der Waals surface area contributed by atoms with Crippen molar-refractivity contribution in [1.29, 1.82) is 0 Å². The van der Waals surface area contributed by atoms with E-state index in [-0.39, 0.29) is 5.41 Å². The second-order valence-electron chi connectivity index (χ2n) is 10.2. The van der Waals surface area contributed by atoms with Gasteiger partial charge in [0.2, 0.25) is 0 Å². The zero-order chi connectivity index (χ0) is 25.7. The molecule has 3 aromatic rings. The van der Waals surface area contributed by atoms with E-state index in [4.69, 9.17) is 21.7 Å². The second kappa shape index (κ2) is 11.5. The van der Waals surface area contributed by atoms with Crippen molar-refractivity contribution in [3.63, 3.8) is 0 Å². The zero-order valence-electron chi connectivity index (χ0n) is 21.8. The highest BCUT2D eigenvalue weighted by Crippen LogP contribution is 2.50. The van der Waals surface area contributed by atoms with Gasteiger partial charge in [-0.05, 0) is 73.3 Å². The molecule has 1 aliphatic heterocycles. The van der Waals surface area contributed by atoms with Crippen molar-refractivity contribution in [2.45, 2.75) is 56.3 Å². The quantitative estimate of drug-likeness (QED) is 0.390. The monoisotopic (exact) mass is 515 g/mol. The van der Waals surface area contributed by atoms with Gasteiger partial charge in [0.1, 0.15) is 0 Å². The van der Waals surface area contributed by atoms with Crippen LogP contribution in [0.2, 0.25) is 0 Å². The summed E-state index contributed by atoms with van der Waals surface area (Å²) < 4.78 is 11.2. The van der Waals surface area contributed by atoms with Crippen molar-refractivity contribution in [1.82, 2.24) is 15.5 Å².